The van der Waals surface area contributed by atoms with Gasteiger partial charge in [-0.15, -0.1) is 0 Å². The first-order valence-corrected chi connectivity index (χ1v) is 6.88. The molecule has 2 N–H and O–H groups in total. The molecule has 1 aromatic carbocycles. The third-order valence-electron chi connectivity index (χ3n) is 3.33. The van der Waals surface area contributed by atoms with Crippen LogP contribution in [-0.2, 0) is 9.59 Å². The molecule has 0 aliphatic carbocycles. The van der Waals surface area contributed by atoms with Gasteiger partial charge >= 0.3 is 0 Å². The highest BCUT2D eigenvalue weighted by atomic mass is 16.6. The van der Waals surface area contributed by atoms with Crippen molar-refractivity contribution in [2.75, 3.05) is 0 Å². The average molecular weight is 317 g/mol. The molecule has 1 atom stereocenters. The second kappa shape index (κ2) is 7.25. The molecular weight excluding hydrogens is 302 g/mol. The number of nitro groups is 1. The molecule has 0 spiro atoms. The molecule has 1 heterocycles. The second-order valence-corrected chi connectivity index (χ2v) is 4.96. The van der Waals surface area contributed by atoms with E-state index in [-0.39, 0.29) is 29.8 Å². The van der Waals surface area contributed by atoms with E-state index in [2.05, 4.69) is 21.1 Å². The number of nitrogens with one attached hydrogen (secondary N) is 2. The number of carbonyl (C=O) groups excluding carboxylic acids is 2. The molecule has 0 unspecified atom stereocenters. The van der Waals surface area contributed by atoms with Gasteiger partial charge in [0.25, 0.3) is 5.69 Å². The molecule has 0 aromatic heterocycles. The van der Waals surface area contributed by atoms with Crippen LogP contribution in [0.25, 0.3) is 0 Å². The van der Waals surface area contributed by atoms with E-state index in [1.54, 1.807) is 6.92 Å². The van der Waals surface area contributed by atoms with Crippen LogP contribution in [0, 0.1) is 16.0 Å². The van der Waals surface area contributed by atoms with Gasteiger partial charge in [-0.2, -0.15) is 10.2 Å². The lowest BCUT2D eigenvalue weighted by atomic mass is 9.99. The van der Waals surface area contributed by atoms with Crippen LogP contribution in [-0.4, -0.2) is 28.7 Å². The van der Waals surface area contributed by atoms with Crippen LogP contribution < -0.4 is 10.9 Å². The van der Waals surface area contributed by atoms with Crippen LogP contribution in [0.4, 0.5) is 5.69 Å². The van der Waals surface area contributed by atoms with Gasteiger partial charge in [-0.3, -0.25) is 19.7 Å². The van der Waals surface area contributed by atoms with Crippen LogP contribution in [0.3, 0.4) is 0 Å². The number of non-ortho nitro benzene ring substituents is 1. The van der Waals surface area contributed by atoms with Crippen molar-refractivity contribution in [2.24, 2.45) is 16.1 Å². The van der Waals surface area contributed by atoms with Crippen molar-refractivity contribution >= 4 is 29.4 Å². The summed E-state index contributed by atoms with van der Waals surface area (Å²) in [6.45, 7) is 1.73. The number of nitrogens with zero attached hydrogens (tertiary/aromatic N) is 3. The summed E-state index contributed by atoms with van der Waals surface area (Å²) in [6.07, 6.45) is 1.89. The molecule has 9 nitrogen and oxygen atoms in total. The van der Waals surface area contributed by atoms with Crippen LogP contribution in [0.2, 0.25) is 0 Å². The SMILES string of the molecule is CC1=NNC(=O)[C@@H]1CCC(=O)N/N=C\c1ccc([N+](=O)[O-])cc1. The zero-order chi connectivity index (χ0) is 16.8. The summed E-state index contributed by atoms with van der Waals surface area (Å²) in [6, 6.07) is 5.75. The lowest BCUT2D eigenvalue weighted by Crippen LogP contribution is -2.25. The molecule has 0 saturated heterocycles. The van der Waals surface area contributed by atoms with Crippen LogP contribution in [0.5, 0.6) is 0 Å². The molecule has 0 fully saturated rings. The maximum atomic E-state index is 11.7. The Hall–Kier alpha value is -3.10. The van der Waals surface area contributed by atoms with E-state index < -0.39 is 4.92 Å². The normalized spacial score (nSPS) is 17.0. The number of hydrazone groups is 2. The third kappa shape index (κ3) is 4.43. The van der Waals surface area contributed by atoms with Crippen molar-refractivity contribution in [3.8, 4) is 0 Å². The number of carbonyl (C=O) groups is 2. The summed E-state index contributed by atoms with van der Waals surface area (Å²) in [7, 11) is 0. The van der Waals surface area contributed by atoms with Crippen molar-refractivity contribution in [1.29, 1.82) is 0 Å². The Balaban J connectivity index is 1.78. The first-order valence-electron chi connectivity index (χ1n) is 6.88. The first-order chi connectivity index (χ1) is 11.0. The Morgan fingerprint density at radius 3 is 2.74 bits per heavy atom. The van der Waals surface area contributed by atoms with Gasteiger partial charge in [0, 0.05) is 24.3 Å². The molecule has 1 aliphatic rings. The monoisotopic (exact) mass is 317 g/mol. The minimum Gasteiger partial charge on any atom is -0.273 e. The molecule has 9 heteroatoms. The van der Waals surface area contributed by atoms with E-state index in [0.717, 1.165) is 0 Å². The van der Waals surface area contributed by atoms with Gasteiger partial charge < -0.3 is 0 Å². The smallest absolute Gasteiger partial charge is 0.269 e. The predicted octanol–water partition coefficient (Wildman–Crippen LogP) is 0.947. The van der Waals surface area contributed by atoms with Gasteiger partial charge in [0.1, 0.15) is 0 Å². The van der Waals surface area contributed by atoms with E-state index in [1.807, 2.05) is 0 Å². The molecule has 0 bridgehead atoms. The van der Waals surface area contributed by atoms with Crippen molar-refractivity contribution < 1.29 is 14.5 Å². The average Bonchev–Trinajstić information content (AvgIpc) is 2.84. The Labute approximate surface area is 131 Å². The summed E-state index contributed by atoms with van der Waals surface area (Å²) in [5.74, 6) is -0.903. The van der Waals surface area contributed by atoms with Crippen LogP contribution in [0.15, 0.2) is 34.5 Å². The summed E-state index contributed by atoms with van der Waals surface area (Å²) in [4.78, 5) is 33.1. The maximum Gasteiger partial charge on any atom is 0.269 e. The van der Waals surface area contributed by atoms with Gasteiger partial charge in [-0.25, -0.2) is 10.9 Å². The minimum atomic E-state index is -0.493. The van der Waals surface area contributed by atoms with Gasteiger partial charge in [0.05, 0.1) is 17.1 Å². The lowest BCUT2D eigenvalue weighted by Gasteiger charge is -2.06. The standard InChI is InChI=1S/C14H15N5O4/c1-9-12(14(21)18-16-9)6-7-13(20)17-15-8-10-2-4-11(5-3-10)19(22)23/h2-5,8,12H,6-7H2,1H3,(H,17,20)(H,18,21)/b15-8-/t12-/m1/s1. The highest BCUT2D eigenvalue weighted by Crippen LogP contribution is 2.13. The molecule has 23 heavy (non-hydrogen) atoms. The number of amides is 2. The molecule has 120 valence electrons. The molecule has 1 aromatic rings. The van der Waals surface area contributed by atoms with Crippen molar-refractivity contribution in [2.45, 2.75) is 19.8 Å². The number of hydrogen-bond acceptors (Lipinski definition) is 6. The molecular formula is C14H15N5O4. The fourth-order valence-electron chi connectivity index (χ4n) is 2.02. The highest BCUT2D eigenvalue weighted by molar-refractivity contribution is 6.07. The molecule has 0 saturated carbocycles. The van der Waals surface area contributed by atoms with Crippen LogP contribution in [0.1, 0.15) is 25.3 Å². The van der Waals surface area contributed by atoms with Gasteiger partial charge in [0.2, 0.25) is 11.8 Å². The van der Waals surface area contributed by atoms with E-state index >= 15 is 0 Å². The van der Waals surface area contributed by atoms with Crippen LogP contribution >= 0.6 is 0 Å². The molecule has 2 rings (SSSR count). The van der Waals surface area contributed by atoms with Crippen molar-refractivity contribution in [3.05, 3.63) is 39.9 Å². The number of hydrogen-bond donors (Lipinski definition) is 2. The molecule has 1 aliphatic heterocycles. The zero-order valence-corrected chi connectivity index (χ0v) is 12.4. The van der Waals surface area contributed by atoms with Crippen molar-refractivity contribution in [1.82, 2.24) is 10.9 Å². The third-order valence-corrected chi connectivity index (χ3v) is 3.33. The Kier molecular flexibility index (Phi) is 5.13. The largest absolute Gasteiger partial charge is 0.273 e. The first kappa shape index (κ1) is 16.3. The van der Waals surface area contributed by atoms with E-state index in [0.29, 0.717) is 17.7 Å². The second-order valence-electron chi connectivity index (χ2n) is 4.96. The number of benzene rings is 1. The topological polar surface area (TPSA) is 126 Å². The van der Waals surface area contributed by atoms with E-state index in [9.17, 15) is 19.7 Å². The zero-order valence-electron chi connectivity index (χ0n) is 12.4. The Bertz CT molecular complexity index is 681. The summed E-state index contributed by atoms with van der Waals surface area (Å²) in [5, 5.41) is 18.1. The number of rotatable bonds is 6. The Morgan fingerprint density at radius 1 is 1.48 bits per heavy atom. The minimum absolute atomic E-state index is 0.0157. The maximum absolute atomic E-state index is 11.7. The fraction of sp³-hybridized carbons (Fsp3) is 0.286. The van der Waals surface area contributed by atoms with Gasteiger partial charge in [-0.05, 0) is 31.0 Å². The van der Waals surface area contributed by atoms with Gasteiger partial charge in [0.15, 0.2) is 0 Å². The predicted molar refractivity (Wildman–Crippen MR) is 82.8 cm³/mol. The number of nitro benzene ring substituents is 1. The molecule has 0 radical (unpaired) electrons. The Morgan fingerprint density at radius 2 is 2.17 bits per heavy atom. The summed E-state index contributed by atoms with van der Waals surface area (Å²) in [5.41, 5.74) is 5.98. The molecule has 2 amide bonds. The van der Waals surface area contributed by atoms with E-state index in [1.165, 1.54) is 30.5 Å². The van der Waals surface area contributed by atoms with Crippen molar-refractivity contribution in [3.63, 3.8) is 0 Å². The lowest BCUT2D eigenvalue weighted by molar-refractivity contribution is -0.384. The summed E-state index contributed by atoms with van der Waals surface area (Å²) >= 11 is 0. The van der Waals surface area contributed by atoms with E-state index in [4.69, 9.17) is 0 Å². The quantitative estimate of drug-likeness (QED) is 0.460. The summed E-state index contributed by atoms with van der Waals surface area (Å²) < 4.78 is 0. The van der Waals surface area contributed by atoms with Gasteiger partial charge in [-0.1, -0.05) is 0 Å². The highest BCUT2D eigenvalue weighted by Gasteiger charge is 2.26. The fourth-order valence-corrected chi connectivity index (χ4v) is 2.02.